The van der Waals surface area contributed by atoms with Crippen molar-refractivity contribution in [3.05, 3.63) is 51.7 Å². The van der Waals surface area contributed by atoms with Gasteiger partial charge in [-0.1, -0.05) is 18.2 Å². The standard InChI is InChI=1S/C15H17NS2/c1-11-6-7-17-15(11)10-16-9-13-8-12-4-2-3-5-14(12)18-13/h2-7,13,16H,8-10H2,1H3. The summed E-state index contributed by atoms with van der Waals surface area (Å²) in [6.07, 6.45) is 1.21. The van der Waals surface area contributed by atoms with Crippen molar-refractivity contribution in [2.24, 2.45) is 0 Å². The van der Waals surface area contributed by atoms with Gasteiger partial charge in [-0.15, -0.1) is 23.1 Å². The van der Waals surface area contributed by atoms with Crippen LogP contribution in [0.25, 0.3) is 0 Å². The van der Waals surface area contributed by atoms with E-state index < -0.39 is 0 Å². The molecule has 1 unspecified atom stereocenters. The molecular weight excluding hydrogens is 258 g/mol. The van der Waals surface area contributed by atoms with Crippen LogP contribution in [0, 0.1) is 6.92 Å². The minimum absolute atomic E-state index is 0.697. The van der Waals surface area contributed by atoms with Gasteiger partial charge in [0.15, 0.2) is 0 Å². The van der Waals surface area contributed by atoms with Crippen molar-refractivity contribution in [3.8, 4) is 0 Å². The van der Waals surface area contributed by atoms with Crippen LogP contribution in [0.2, 0.25) is 0 Å². The van der Waals surface area contributed by atoms with Gasteiger partial charge in [-0.05, 0) is 42.0 Å². The Hall–Kier alpha value is -0.770. The quantitative estimate of drug-likeness (QED) is 0.909. The van der Waals surface area contributed by atoms with Crippen molar-refractivity contribution in [1.82, 2.24) is 5.32 Å². The van der Waals surface area contributed by atoms with Gasteiger partial charge in [0.1, 0.15) is 0 Å². The van der Waals surface area contributed by atoms with Crippen molar-refractivity contribution in [2.45, 2.75) is 30.0 Å². The maximum absolute atomic E-state index is 3.59. The normalized spacial score (nSPS) is 17.9. The number of hydrogen-bond acceptors (Lipinski definition) is 3. The third-order valence-corrected chi connectivity index (χ3v) is 5.68. The smallest absolute Gasteiger partial charge is 0.0302 e. The molecule has 0 spiro atoms. The molecule has 1 aromatic carbocycles. The number of fused-ring (bicyclic) bond motifs is 1. The van der Waals surface area contributed by atoms with Crippen molar-refractivity contribution in [1.29, 1.82) is 0 Å². The highest BCUT2D eigenvalue weighted by molar-refractivity contribution is 8.00. The Morgan fingerprint density at radius 3 is 2.94 bits per heavy atom. The maximum Gasteiger partial charge on any atom is 0.0302 e. The predicted molar refractivity (Wildman–Crippen MR) is 80.6 cm³/mol. The summed E-state index contributed by atoms with van der Waals surface area (Å²) >= 11 is 3.87. The van der Waals surface area contributed by atoms with Crippen molar-refractivity contribution in [2.75, 3.05) is 6.54 Å². The van der Waals surface area contributed by atoms with Crippen LogP contribution in [0.4, 0.5) is 0 Å². The Morgan fingerprint density at radius 2 is 2.17 bits per heavy atom. The molecule has 3 heteroatoms. The number of nitrogens with one attached hydrogen (secondary N) is 1. The molecule has 0 saturated heterocycles. The fourth-order valence-corrected chi connectivity index (χ4v) is 4.46. The molecule has 1 aromatic heterocycles. The number of aryl methyl sites for hydroxylation is 1. The Labute approximate surface area is 117 Å². The zero-order valence-corrected chi connectivity index (χ0v) is 12.1. The molecule has 1 atom stereocenters. The van der Waals surface area contributed by atoms with Crippen molar-refractivity contribution >= 4 is 23.1 Å². The molecule has 1 nitrogen and oxygen atoms in total. The third-order valence-electron chi connectivity index (χ3n) is 3.34. The predicted octanol–water partition coefficient (Wildman–Crippen LogP) is 3.86. The maximum atomic E-state index is 3.59. The van der Waals surface area contributed by atoms with Crippen LogP contribution in [0.3, 0.4) is 0 Å². The lowest BCUT2D eigenvalue weighted by atomic mass is 10.1. The first-order chi connectivity index (χ1) is 8.83. The summed E-state index contributed by atoms with van der Waals surface area (Å²) < 4.78 is 0. The molecule has 2 aromatic rings. The lowest BCUT2D eigenvalue weighted by molar-refractivity contribution is 0.669. The van der Waals surface area contributed by atoms with E-state index >= 15 is 0 Å². The van der Waals surface area contributed by atoms with Gasteiger partial charge in [0.25, 0.3) is 0 Å². The average molecular weight is 275 g/mol. The second-order valence-electron chi connectivity index (χ2n) is 4.71. The molecule has 0 saturated carbocycles. The monoisotopic (exact) mass is 275 g/mol. The second kappa shape index (κ2) is 5.47. The summed E-state index contributed by atoms with van der Waals surface area (Å²) in [5.74, 6) is 0. The highest BCUT2D eigenvalue weighted by Gasteiger charge is 2.21. The summed E-state index contributed by atoms with van der Waals surface area (Å²) in [6, 6.07) is 11.0. The van der Waals surface area contributed by atoms with Gasteiger partial charge in [0.05, 0.1) is 0 Å². The van der Waals surface area contributed by atoms with E-state index in [-0.39, 0.29) is 0 Å². The molecule has 0 aliphatic carbocycles. The van der Waals surface area contributed by atoms with Gasteiger partial charge in [-0.2, -0.15) is 0 Å². The van der Waals surface area contributed by atoms with Gasteiger partial charge < -0.3 is 5.32 Å². The van der Waals surface area contributed by atoms with E-state index in [0.717, 1.165) is 13.1 Å². The fourth-order valence-electron chi connectivity index (χ4n) is 2.30. The summed E-state index contributed by atoms with van der Waals surface area (Å²) in [4.78, 5) is 2.94. The molecule has 18 heavy (non-hydrogen) atoms. The largest absolute Gasteiger partial charge is 0.311 e. The Morgan fingerprint density at radius 1 is 1.28 bits per heavy atom. The van der Waals surface area contributed by atoms with Gasteiger partial charge >= 0.3 is 0 Å². The first-order valence-corrected chi connectivity index (χ1v) is 8.07. The van der Waals surface area contributed by atoms with Crippen LogP contribution in [0.1, 0.15) is 16.0 Å². The van der Waals surface area contributed by atoms with Crippen molar-refractivity contribution < 1.29 is 0 Å². The summed E-state index contributed by atoms with van der Waals surface area (Å²) in [5.41, 5.74) is 2.93. The number of hydrogen-bond donors (Lipinski definition) is 1. The topological polar surface area (TPSA) is 12.0 Å². The van der Waals surface area contributed by atoms with Crippen LogP contribution < -0.4 is 5.32 Å². The molecule has 1 N–H and O–H groups in total. The number of rotatable bonds is 4. The first kappa shape index (κ1) is 12.3. The van der Waals surface area contributed by atoms with E-state index in [1.54, 1.807) is 0 Å². The van der Waals surface area contributed by atoms with Crippen LogP contribution in [0.5, 0.6) is 0 Å². The molecule has 2 heterocycles. The van der Waals surface area contributed by atoms with E-state index in [1.807, 2.05) is 23.1 Å². The lowest BCUT2D eigenvalue weighted by Crippen LogP contribution is -2.23. The Bertz CT molecular complexity index is 508. The van der Waals surface area contributed by atoms with E-state index in [9.17, 15) is 0 Å². The summed E-state index contributed by atoms with van der Waals surface area (Å²) in [5, 5.41) is 6.47. The molecule has 0 amide bonds. The molecular formula is C15H17NS2. The van der Waals surface area contributed by atoms with Crippen LogP contribution in [-0.2, 0) is 13.0 Å². The number of thiophene rings is 1. The Kier molecular flexibility index (Phi) is 3.73. The zero-order chi connectivity index (χ0) is 12.4. The molecule has 94 valence electrons. The van der Waals surface area contributed by atoms with E-state index in [2.05, 4.69) is 48.0 Å². The second-order valence-corrected chi connectivity index (χ2v) is 7.05. The summed E-state index contributed by atoms with van der Waals surface area (Å²) in [6.45, 7) is 4.29. The molecule has 3 rings (SSSR count). The lowest BCUT2D eigenvalue weighted by Gasteiger charge is -2.09. The molecule has 1 aliphatic rings. The first-order valence-electron chi connectivity index (χ1n) is 6.31. The van der Waals surface area contributed by atoms with Gasteiger partial charge in [-0.3, -0.25) is 0 Å². The molecule has 0 fully saturated rings. The summed E-state index contributed by atoms with van der Waals surface area (Å²) in [7, 11) is 0. The highest BCUT2D eigenvalue weighted by Crippen LogP contribution is 2.36. The van der Waals surface area contributed by atoms with Crippen LogP contribution >= 0.6 is 23.1 Å². The third kappa shape index (κ3) is 2.63. The molecule has 0 bridgehead atoms. The van der Waals surface area contributed by atoms with Crippen LogP contribution in [-0.4, -0.2) is 11.8 Å². The van der Waals surface area contributed by atoms with E-state index in [1.165, 1.54) is 27.3 Å². The van der Waals surface area contributed by atoms with E-state index in [4.69, 9.17) is 0 Å². The van der Waals surface area contributed by atoms with Gasteiger partial charge in [0, 0.05) is 28.1 Å². The SMILES string of the molecule is Cc1ccsc1CNCC1Cc2ccccc2S1. The van der Waals surface area contributed by atoms with Gasteiger partial charge in [-0.25, -0.2) is 0 Å². The van der Waals surface area contributed by atoms with Gasteiger partial charge in [0.2, 0.25) is 0 Å². The molecule has 1 aliphatic heterocycles. The van der Waals surface area contributed by atoms with Crippen LogP contribution in [0.15, 0.2) is 40.6 Å². The minimum Gasteiger partial charge on any atom is -0.311 e. The van der Waals surface area contributed by atoms with Crippen molar-refractivity contribution in [3.63, 3.8) is 0 Å². The zero-order valence-electron chi connectivity index (χ0n) is 10.5. The highest BCUT2D eigenvalue weighted by atomic mass is 32.2. The Balaban J connectivity index is 1.50. The number of thioether (sulfide) groups is 1. The minimum atomic E-state index is 0.697. The fraction of sp³-hybridized carbons (Fsp3) is 0.333. The number of benzene rings is 1. The molecule has 0 radical (unpaired) electrons. The van der Waals surface area contributed by atoms with E-state index in [0.29, 0.717) is 5.25 Å². The average Bonchev–Trinajstić information content (AvgIpc) is 2.96.